The third-order valence-corrected chi connectivity index (χ3v) is 7.29. The summed E-state index contributed by atoms with van der Waals surface area (Å²) < 4.78 is 14.1. The van der Waals surface area contributed by atoms with Crippen molar-refractivity contribution in [3.8, 4) is 0 Å². The fraction of sp³-hybridized carbons (Fsp3) is 0.409. The van der Waals surface area contributed by atoms with Gasteiger partial charge in [-0.1, -0.05) is 12.1 Å². The number of nitrogens with zero attached hydrogens (tertiary/aromatic N) is 3. The molecule has 0 unspecified atom stereocenters. The summed E-state index contributed by atoms with van der Waals surface area (Å²) in [4.78, 5) is 44.6. The van der Waals surface area contributed by atoms with Crippen LogP contribution < -0.4 is 4.90 Å². The second kappa shape index (κ2) is 7.19. The molecule has 2 aliphatic heterocycles. The number of hydrogen-bond acceptors (Lipinski definition) is 4. The minimum Gasteiger partial charge on any atom is -0.333 e. The summed E-state index contributed by atoms with van der Waals surface area (Å²) in [5, 5.41) is 0.714. The van der Waals surface area contributed by atoms with Crippen LogP contribution >= 0.6 is 11.3 Å². The predicted octanol–water partition coefficient (Wildman–Crippen LogP) is 2.91. The minimum atomic E-state index is -0.534. The Morgan fingerprint density at radius 2 is 1.97 bits per heavy atom. The largest absolute Gasteiger partial charge is 0.333 e. The lowest BCUT2D eigenvalue weighted by Crippen LogP contribution is -2.39. The summed E-state index contributed by atoms with van der Waals surface area (Å²) in [6.45, 7) is 1.46. The SMILES string of the molecule is CN1CC(=O)N(CC2CC2)c2sc3c(c2C1=O)CCN(C(=O)c1ccccc1F)C3. The van der Waals surface area contributed by atoms with Gasteiger partial charge in [-0.05, 0) is 42.9 Å². The van der Waals surface area contributed by atoms with Gasteiger partial charge in [0.1, 0.15) is 17.4 Å². The smallest absolute Gasteiger partial charge is 0.257 e. The zero-order chi connectivity index (χ0) is 21.0. The Labute approximate surface area is 177 Å². The Morgan fingerprint density at radius 1 is 1.20 bits per heavy atom. The molecule has 156 valence electrons. The zero-order valence-electron chi connectivity index (χ0n) is 16.7. The molecule has 8 heteroatoms. The molecule has 0 spiro atoms. The first-order valence-electron chi connectivity index (χ1n) is 10.2. The Balaban J connectivity index is 1.50. The summed E-state index contributed by atoms with van der Waals surface area (Å²) in [5.41, 5.74) is 1.60. The number of hydrogen-bond donors (Lipinski definition) is 0. The number of likely N-dealkylation sites (N-methyl/N-ethyl adjacent to an activating group) is 1. The molecule has 1 aromatic carbocycles. The lowest BCUT2D eigenvalue weighted by Gasteiger charge is -2.27. The van der Waals surface area contributed by atoms with E-state index in [0.717, 1.165) is 23.3 Å². The van der Waals surface area contributed by atoms with E-state index < -0.39 is 5.82 Å². The zero-order valence-corrected chi connectivity index (χ0v) is 17.5. The van der Waals surface area contributed by atoms with E-state index in [0.29, 0.717) is 42.5 Å². The first-order chi connectivity index (χ1) is 14.4. The molecule has 0 N–H and O–H groups in total. The molecule has 1 fully saturated rings. The number of halogens is 1. The van der Waals surface area contributed by atoms with Gasteiger partial charge < -0.3 is 14.7 Å². The van der Waals surface area contributed by atoms with E-state index in [2.05, 4.69) is 0 Å². The molecule has 5 rings (SSSR count). The van der Waals surface area contributed by atoms with Crippen LogP contribution in [0.4, 0.5) is 9.39 Å². The standard InChI is InChI=1S/C22H22FN3O3S/c1-24-12-18(27)26(10-13-6-7-13)22-19(21(24)29)15-8-9-25(11-17(15)30-22)20(28)14-4-2-3-5-16(14)23/h2-5,13H,6-12H2,1H3. The van der Waals surface area contributed by atoms with Crippen LogP contribution in [0.1, 0.15) is 44.0 Å². The molecule has 3 heterocycles. The summed E-state index contributed by atoms with van der Waals surface area (Å²) in [6, 6.07) is 5.98. The van der Waals surface area contributed by atoms with E-state index in [4.69, 9.17) is 0 Å². The quantitative estimate of drug-likeness (QED) is 0.757. The highest BCUT2D eigenvalue weighted by Gasteiger charge is 2.39. The lowest BCUT2D eigenvalue weighted by molar-refractivity contribution is -0.119. The highest BCUT2D eigenvalue weighted by Crippen LogP contribution is 2.43. The fourth-order valence-corrected chi connectivity index (χ4v) is 5.57. The molecule has 0 atom stereocenters. The Kier molecular flexibility index (Phi) is 4.61. The van der Waals surface area contributed by atoms with Gasteiger partial charge in [0.15, 0.2) is 0 Å². The topological polar surface area (TPSA) is 60.9 Å². The van der Waals surface area contributed by atoms with E-state index in [9.17, 15) is 18.8 Å². The van der Waals surface area contributed by atoms with Crippen molar-refractivity contribution in [2.75, 3.05) is 31.6 Å². The van der Waals surface area contributed by atoms with Gasteiger partial charge in [0.2, 0.25) is 5.91 Å². The molecular formula is C22H22FN3O3S. The molecule has 1 saturated carbocycles. The van der Waals surface area contributed by atoms with E-state index in [1.165, 1.54) is 28.4 Å². The fourth-order valence-electron chi connectivity index (χ4n) is 4.19. The number of amides is 3. The van der Waals surface area contributed by atoms with E-state index >= 15 is 0 Å². The van der Waals surface area contributed by atoms with Gasteiger partial charge in [0.25, 0.3) is 11.8 Å². The average Bonchev–Trinajstić information content (AvgIpc) is 3.49. The Morgan fingerprint density at radius 3 is 2.70 bits per heavy atom. The van der Waals surface area contributed by atoms with Crippen molar-refractivity contribution < 1.29 is 18.8 Å². The number of benzene rings is 1. The van der Waals surface area contributed by atoms with Crippen molar-refractivity contribution in [2.45, 2.75) is 25.8 Å². The lowest BCUT2D eigenvalue weighted by atomic mass is 10.0. The van der Waals surface area contributed by atoms with E-state index in [1.54, 1.807) is 29.0 Å². The van der Waals surface area contributed by atoms with Crippen molar-refractivity contribution in [1.82, 2.24) is 9.80 Å². The molecule has 1 aromatic heterocycles. The van der Waals surface area contributed by atoms with Crippen LogP contribution in [0.15, 0.2) is 24.3 Å². The monoisotopic (exact) mass is 427 g/mol. The second-order valence-electron chi connectivity index (χ2n) is 8.25. The summed E-state index contributed by atoms with van der Waals surface area (Å²) in [7, 11) is 1.66. The van der Waals surface area contributed by atoms with E-state index in [1.807, 2.05) is 0 Å². The Bertz CT molecular complexity index is 1060. The molecule has 2 aromatic rings. The van der Waals surface area contributed by atoms with Gasteiger partial charge >= 0.3 is 0 Å². The number of fused-ring (bicyclic) bond motifs is 3. The third-order valence-electron chi connectivity index (χ3n) is 6.05. The van der Waals surface area contributed by atoms with Crippen LogP contribution in [0.5, 0.6) is 0 Å². The second-order valence-corrected chi connectivity index (χ2v) is 9.33. The van der Waals surface area contributed by atoms with Gasteiger partial charge in [-0.25, -0.2) is 4.39 Å². The van der Waals surface area contributed by atoms with Crippen molar-refractivity contribution in [2.24, 2.45) is 5.92 Å². The molecule has 0 radical (unpaired) electrons. The summed E-state index contributed by atoms with van der Waals surface area (Å²) in [5.74, 6) is -0.582. The first kappa shape index (κ1) is 19.2. The Hall–Kier alpha value is -2.74. The summed E-state index contributed by atoms with van der Waals surface area (Å²) >= 11 is 1.43. The number of anilines is 1. The molecule has 3 aliphatic rings. The van der Waals surface area contributed by atoms with Crippen LogP contribution in [0.25, 0.3) is 0 Å². The summed E-state index contributed by atoms with van der Waals surface area (Å²) in [6.07, 6.45) is 2.74. The van der Waals surface area contributed by atoms with Crippen molar-refractivity contribution in [1.29, 1.82) is 0 Å². The highest BCUT2D eigenvalue weighted by atomic mass is 32.1. The predicted molar refractivity (Wildman–Crippen MR) is 111 cm³/mol. The van der Waals surface area contributed by atoms with Gasteiger partial charge in [-0.3, -0.25) is 14.4 Å². The van der Waals surface area contributed by atoms with Crippen LogP contribution in [0, 0.1) is 11.7 Å². The number of rotatable bonds is 3. The molecule has 3 amide bonds. The number of thiophene rings is 1. The molecule has 1 aliphatic carbocycles. The highest BCUT2D eigenvalue weighted by molar-refractivity contribution is 7.17. The first-order valence-corrected chi connectivity index (χ1v) is 11.0. The van der Waals surface area contributed by atoms with Crippen LogP contribution in [-0.2, 0) is 17.8 Å². The minimum absolute atomic E-state index is 0.0559. The van der Waals surface area contributed by atoms with Crippen LogP contribution in [0.2, 0.25) is 0 Å². The van der Waals surface area contributed by atoms with Gasteiger partial charge in [0.05, 0.1) is 17.7 Å². The molecule has 6 nitrogen and oxygen atoms in total. The third kappa shape index (κ3) is 3.19. The number of carbonyl (C=O) groups excluding carboxylic acids is 3. The molecular weight excluding hydrogens is 405 g/mol. The normalized spacial score (nSPS) is 18.9. The van der Waals surface area contributed by atoms with Crippen LogP contribution in [0.3, 0.4) is 0 Å². The molecule has 0 saturated heterocycles. The average molecular weight is 428 g/mol. The van der Waals surface area contributed by atoms with Gasteiger partial charge in [0, 0.05) is 25.0 Å². The van der Waals surface area contributed by atoms with Gasteiger partial charge in [-0.15, -0.1) is 11.3 Å². The van der Waals surface area contributed by atoms with Crippen molar-refractivity contribution >= 4 is 34.1 Å². The molecule has 0 bridgehead atoms. The maximum atomic E-state index is 14.1. The van der Waals surface area contributed by atoms with Crippen LogP contribution in [-0.4, -0.2) is 54.2 Å². The number of carbonyl (C=O) groups is 3. The van der Waals surface area contributed by atoms with Gasteiger partial charge in [-0.2, -0.15) is 0 Å². The maximum Gasteiger partial charge on any atom is 0.257 e. The van der Waals surface area contributed by atoms with Crippen molar-refractivity contribution in [3.05, 3.63) is 51.7 Å². The van der Waals surface area contributed by atoms with Crippen molar-refractivity contribution in [3.63, 3.8) is 0 Å². The van der Waals surface area contributed by atoms with E-state index in [-0.39, 0.29) is 29.8 Å². The maximum absolute atomic E-state index is 14.1. The molecule has 30 heavy (non-hydrogen) atoms.